The molecule has 2 aromatic carbocycles. The molecule has 0 radical (unpaired) electrons. The zero-order valence-electron chi connectivity index (χ0n) is 18.8. The Hall–Kier alpha value is -2.96. The van der Waals surface area contributed by atoms with Gasteiger partial charge in [0.05, 0.1) is 0 Å². The second-order valence-corrected chi connectivity index (χ2v) is 7.85. The Labute approximate surface area is 191 Å². The second kappa shape index (κ2) is 14.9. The number of amides is 2. The summed E-state index contributed by atoms with van der Waals surface area (Å²) < 4.78 is 0. The average molecular weight is 437 g/mol. The molecule has 6 N–H and O–H groups in total. The van der Waals surface area contributed by atoms with Gasteiger partial charge in [0.25, 0.3) is 0 Å². The van der Waals surface area contributed by atoms with E-state index in [-0.39, 0.29) is 11.8 Å². The second-order valence-electron chi connectivity index (χ2n) is 7.85. The molecule has 2 rings (SSSR count). The van der Waals surface area contributed by atoms with Crippen molar-refractivity contribution in [1.82, 2.24) is 10.6 Å². The highest BCUT2D eigenvalue weighted by Gasteiger charge is 2.02. The minimum absolute atomic E-state index is 0.0654. The van der Waals surface area contributed by atoms with Crippen molar-refractivity contribution in [3.8, 4) is 0 Å². The Kier molecular flexibility index (Phi) is 11.8. The Morgan fingerprint density at radius 1 is 0.625 bits per heavy atom. The SMILES string of the molecule is NCc1ccc(CNC(=O)CCC/C=C/CCCC(=O)NCc2ccc(CN)cc2)cc1. The molecule has 0 aromatic heterocycles. The first-order valence-electron chi connectivity index (χ1n) is 11.3. The lowest BCUT2D eigenvalue weighted by Crippen LogP contribution is -2.22. The summed E-state index contributed by atoms with van der Waals surface area (Å²) in [4.78, 5) is 23.9. The third-order valence-electron chi connectivity index (χ3n) is 5.21. The summed E-state index contributed by atoms with van der Waals surface area (Å²) in [6.07, 6.45) is 8.58. The first-order valence-corrected chi connectivity index (χ1v) is 11.3. The summed E-state index contributed by atoms with van der Waals surface area (Å²) in [6.45, 7) is 2.14. The van der Waals surface area contributed by atoms with E-state index in [1.807, 2.05) is 48.5 Å². The zero-order valence-corrected chi connectivity index (χ0v) is 18.8. The van der Waals surface area contributed by atoms with E-state index in [1.54, 1.807) is 0 Å². The summed E-state index contributed by atoms with van der Waals surface area (Å²) in [6, 6.07) is 15.9. The van der Waals surface area contributed by atoms with Crippen molar-refractivity contribution in [3.63, 3.8) is 0 Å². The van der Waals surface area contributed by atoms with E-state index in [4.69, 9.17) is 11.5 Å². The summed E-state index contributed by atoms with van der Waals surface area (Å²) >= 11 is 0. The van der Waals surface area contributed by atoms with Crippen LogP contribution in [0.15, 0.2) is 60.7 Å². The van der Waals surface area contributed by atoms with Gasteiger partial charge in [0.15, 0.2) is 0 Å². The Balaban J connectivity index is 1.47. The number of carbonyl (C=O) groups excluding carboxylic acids is 2. The topological polar surface area (TPSA) is 110 Å². The number of nitrogens with one attached hydrogen (secondary N) is 2. The van der Waals surface area contributed by atoms with E-state index in [2.05, 4.69) is 22.8 Å². The minimum atomic E-state index is 0.0654. The fraction of sp³-hybridized carbons (Fsp3) is 0.385. The first kappa shape index (κ1) is 25.3. The maximum atomic E-state index is 11.9. The van der Waals surface area contributed by atoms with Gasteiger partial charge in [-0.2, -0.15) is 0 Å². The molecule has 0 spiro atoms. The third kappa shape index (κ3) is 10.4. The van der Waals surface area contributed by atoms with E-state index < -0.39 is 0 Å². The van der Waals surface area contributed by atoms with Crippen molar-refractivity contribution in [1.29, 1.82) is 0 Å². The van der Waals surface area contributed by atoms with Crippen LogP contribution in [0.2, 0.25) is 0 Å². The Bertz CT molecular complexity index is 774. The standard InChI is InChI=1S/C26H36N4O2/c27-17-21-9-13-23(14-10-21)19-29-25(31)7-5-3-1-2-4-6-8-26(32)30-20-24-15-11-22(18-28)12-16-24/h1-2,9-16H,3-8,17-20,27-28H2,(H,29,31)(H,30,32)/b2-1+. The molecule has 6 nitrogen and oxygen atoms in total. The van der Waals surface area contributed by atoms with Crippen molar-refractivity contribution < 1.29 is 9.59 Å². The number of hydrogen-bond acceptors (Lipinski definition) is 4. The number of nitrogens with two attached hydrogens (primary N) is 2. The molecule has 6 heteroatoms. The summed E-state index contributed by atoms with van der Waals surface area (Å²) in [5.41, 5.74) is 15.5. The highest BCUT2D eigenvalue weighted by molar-refractivity contribution is 5.76. The van der Waals surface area contributed by atoms with Gasteiger partial charge in [-0.05, 0) is 47.9 Å². The molecule has 0 heterocycles. The first-order chi connectivity index (χ1) is 15.6. The van der Waals surface area contributed by atoms with Crippen LogP contribution in [0.3, 0.4) is 0 Å². The predicted molar refractivity (Wildman–Crippen MR) is 129 cm³/mol. The van der Waals surface area contributed by atoms with Crippen LogP contribution < -0.4 is 22.1 Å². The zero-order chi connectivity index (χ0) is 23.0. The molecule has 2 amide bonds. The van der Waals surface area contributed by atoms with Crippen LogP contribution in [0.25, 0.3) is 0 Å². The van der Waals surface area contributed by atoms with Gasteiger partial charge in [-0.3, -0.25) is 9.59 Å². The van der Waals surface area contributed by atoms with E-state index in [0.717, 1.165) is 47.9 Å². The molecule has 0 fully saturated rings. The van der Waals surface area contributed by atoms with Gasteiger partial charge < -0.3 is 22.1 Å². The van der Waals surface area contributed by atoms with Crippen molar-refractivity contribution in [2.45, 2.75) is 64.7 Å². The summed E-state index contributed by atoms with van der Waals surface area (Å²) in [7, 11) is 0. The monoisotopic (exact) mass is 436 g/mol. The fourth-order valence-corrected chi connectivity index (χ4v) is 3.16. The highest BCUT2D eigenvalue weighted by atomic mass is 16.2. The normalized spacial score (nSPS) is 10.9. The van der Waals surface area contributed by atoms with Crippen molar-refractivity contribution in [2.75, 3.05) is 0 Å². The Morgan fingerprint density at radius 3 is 1.31 bits per heavy atom. The van der Waals surface area contributed by atoms with Crippen molar-refractivity contribution in [3.05, 3.63) is 82.9 Å². The number of unbranched alkanes of at least 4 members (excludes halogenated alkanes) is 2. The van der Waals surface area contributed by atoms with Crippen LogP contribution in [-0.4, -0.2) is 11.8 Å². The quantitative estimate of drug-likeness (QED) is 0.269. The number of benzene rings is 2. The maximum absolute atomic E-state index is 11.9. The molecule has 0 bridgehead atoms. The maximum Gasteiger partial charge on any atom is 0.220 e. The van der Waals surface area contributed by atoms with Gasteiger partial charge >= 0.3 is 0 Å². The smallest absolute Gasteiger partial charge is 0.220 e. The van der Waals surface area contributed by atoms with Gasteiger partial charge in [-0.1, -0.05) is 60.7 Å². The Morgan fingerprint density at radius 2 is 0.969 bits per heavy atom. The molecule has 2 aromatic rings. The fourth-order valence-electron chi connectivity index (χ4n) is 3.16. The van der Waals surface area contributed by atoms with Gasteiger partial charge in [0, 0.05) is 39.0 Å². The average Bonchev–Trinajstić information content (AvgIpc) is 2.83. The number of hydrogen-bond donors (Lipinski definition) is 4. The molecular weight excluding hydrogens is 400 g/mol. The predicted octanol–water partition coefficient (Wildman–Crippen LogP) is 3.43. The lowest BCUT2D eigenvalue weighted by atomic mass is 10.1. The molecule has 0 unspecified atom stereocenters. The van der Waals surface area contributed by atoms with Gasteiger partial charge in [0.2, 0.25) is 11.8 Å². The van der Waals surface area contributed by atoms with E-state index in [0.29, 0.717) is 39.0 Å². The lowest BCUT2D eigenvalue weighted by Gasteiger charge is -2.06. The molecule has 32 heavy (non-hydrogen) atoms. The number of allylic oxidation sites excluding steroid dienone is 2. The van der Waals surface area contributed by atoms with Gasteiger partial charge in [0.1, 0.15) is 0 Å². The van der Waals surface area contributed by atoms with Crippen LogP contribution in [0, 0.1) is 0 Å². The molecular formula is C26H36N4O2. The van der Waals surface area contributed by atoms with Crippen LogP contribution in [0.1, 0.15) is 60.8 Å². The number of rotatable bonds is 14. The minimum Gasteiger partial charge on any atom is -0.352 e. The molecule has 172 valence electrons. The molecule has 0 aliphatic carbocycles. The lowest BCUT2D eigenvalue weighted by molar-refractivity contribution is -0.122. The largest absolute Gasteiger partial charge is 0.352 e. The van der Waals surface area contributed by atoms with Gasteiger partial charge in [-0.25, -0.2) is 0 Å². The third-order valence-corrected chi connectivity index (χ3v) is 5.21. The highest BCUT2D eigenvalue weighted by Crippen LogP contribution is 2.06. The van der Waals surface area contributed by atoms with E-state index in [9.17, 15) is 9.59 Å². The molecule has 0 saturated carbocycles. The molecule has 0 atom stereocenters. The van der Waals surface area contributed by atoms with Crippen LogP contribution in [-0.2, 0) is 35.8 Å². The number of carbonyl (C=O) groups is 2. The van der Waals surface area contributed by atoms with Crippen LogP contribution >= 0.6 is 0 Å². The molecule has 0 saturated heterocycles. The van der Waals surface area contributed by atoms with Crippen molar-refractivity contribution in [2.24, 2.45) is 11.5 Å². The van der Waals surface area contributed by atoms with Gasteiger partial charge in [-0.15, -0.1) is 0 Å². The van der Waals surface area contributed by atoms with E-state index in [1.165, 1.54) is 0 Å². The summed E-state index contributed by atoms with van der Waals surface area (Å²) in [5, 5.41) is 5.89. The molecule has 0 aliphatic rings. The van der Waals surface area contributed by atoms with E-state index >= 15 is 0 Å². The summed E-state index contributed by atoms with van der Waals surface area (Å²) in [5.74, 6) is 0.131. The van der Waals surface area contributed by atoms with Crippen molar-refractivity contribution >= 4 is 11.8 Å². The molecule has 0 aliphatic heterocycles. The van der Waals surface area contributed by atoms with Crippen LogP contribution in [0.5, 0.6) is 0 Å². The van der Waals surface area contributed by atoms with Crippen LogP contribution in [0.4, 0.5) is 0 Å².